The van der Waals surface area contributed by atoms with Gasteiger partial charge in [-0.2, -0.15) is 0 Å². The minimum atomic E-state index is -2.89. The number of halogens is 1. The summed E-state index contributed by atoms with van der Waals surface area (Å²) in [5.41, 5.74) is 0.200. The third kappa shape index (κ3) is 1.57. The molecule has 4 fully saturated rings. The van der Waals surface area contributed by atoms with Crippen LogP contribution in [0.1, 0.15) is 39.0 Å². The number of fused-ring (bicyclic) bond motifs is 9. The highest BCUT2D eigenvalue weighted by atomic mass is 32.2. The summed E-state index contributed by atoms with van der Waals surface area (Å²) in [5.74, 6) is 3.74. The summed E-state index contributed by atoms with van der Waals surface area (Å²) in [4.78, 5) is 0. The first kappa shape index (κ1) is 13.5. The number of hydrogen-bond acceptors (Lipinski definition) is 2. The molecule has 8 unspecified atom stereocenters. The van der Waals surface area contributed by atoms with E-state index >= 15 is 0 Å². The Bertz CT molecular complexity index is 531. The SMILES string of the molecule is CC1(CCF)CC2CC1C1C3CC(C21)C(S(C)(=O)=O)C3. The minimum Gasteiger partial charge on any atom is -0.251 e. The molecule has 0 amide bonds. The van der Waals surface area contributed by atoms with E-state index in [2.05, 4.69) is 6.92 Å². The quantitative estimate of drug-likeness (QED) is 0.751. The third-order valence-electron chi connectivity index (χ3n) is 7.48. The van der Waals surface area contributed by atoms with Gasteiger partial charge >= 0.3 is 0 Å². The Hall–Kier alpha value is -0.120. The van der Waals surface area contributed by atoms with E-state index < -0.39 is 9.84 Å². The average Bonchev–Trinajstić information content (AvgIpc) is 3.01. The second-order valence-electron chi connectivity index (χ2n) is 8.32. The highest BCUT2D eigenvalue weighted by Crippen LogP contribution is 2.72. The molecule has 0 aromatic carbocycles. The minimum absolute atomic E-state index is 0.0690. The summed E-state index contributed by atoms with van der Waals surface area (Å²) in [6, 6.07) is 0. The zero-order valence-corrected chi connectivity index (χ0v) is 13.2. The van der Waals surface area contributed by atoms with Gasteiger partial charge in [0.2, 0.25) is 0 Å². The van der Waals surface area contributed by atoms with Crippen LogP contribution < -0.4 is 0 Å². The van der Waals surface area contributed by atoms with E-state index in [0.29, 0.717) is 41.9 Å². The van der Waals surface area contributed by atoms with Crippen LogP contribution in [0.3, 0.4) is 0 Å². The molecular formula is C16H25FO2S. The molecule has 2 nitrogen and oxygen atoms in total. The first-order valence-corrected chi connectivity index (χ1v) is 10.1. The molecule has 0 radical (unpaired) electrons. The van der Waals surface area contributed by atoms with Gasteiger partial charge < -0.3 is 0 Å². The summed E-state index contributed by atoms with van der Waals surface area (Å²) in [5, 5.41) is -0.0690. The molecule has 8 atom stereocenters. The fourth-order valence-electron chi connectivity index (χ4n) is 7.01. The van der Waals surface area contributed by atoms with Crippen molar-refractivity contribution in [3.63, 3.8) is 0 Å². The molecule has 114 valence electrons. The van der Waals surface area contributed by atoms with Crippen LogP contribution in [-0.2, 0) is 9.84 Å². The summed E-state index contributed by atoms with van der Waals surface area (Å²) in [7, 11) is -2.89. The molecule has 4 saturated carbocycles. The molecule has 4 heteroatoms. The number of hydrogen-bond donors (Lipinski definition) is 0. The van der Waals surface area contributed by atoms with Gasteiger partial charge in [0.05, 0.1) is 11.9 Å². The summed E-state index contributed by atoms with van der Waals surface area (Å²) >= 11 is 0. The second kappa shape index (κ2) is 3.99. The smallest absolute Gasteiger partial charge is 0.150 e. The van der Waals surface area contributed by atoms with Crippen molar-refractivity contribution < 1.29 is 12.8 Å². The molecule has 0 saturated heterocycles. The molecule has 0 spiro atoms. The van der Waals surface area contributed by atoms with Gasteiger partial charge in [0.1, 0.15) is 0 Å². The first-order valence-electron chi connectivity index (χ1n) is 8.10. The first-order chi connectivity index (χ1) is 9.35. The van der Waals surface area contributed by atoms with Gasteiger partial charge in [-0.1, -0.05) is 6.92 Å². The molecule has 4 aliphatic carbocycles. The van der Waals surface area contributed by atoms with Crippen molar-refractivity contribution >= 4 is 9.84 Å². The van der Waals surface area contributed by atoms with E-state index in [4.69, 9.17) is 0 Å². The standard InChI is InChI=1S/C16H25FO2S/c1-16(3-4-17)8-10-6-12(16)15-9-5-11(14(10)15)13(7-9)20(2,18)19/h9-15H,3-8H2,1-2H3. The normalized spacial score (nSPS) is 56.5. The average molecular weight is 300 g/mol. The van der Waals surface area contributed by atoms with Crippen molar-refractivity contribution in [2.45, 2.75) is 44.3 Å². The largest absolute Gasteiger partial charge is 0.251 e. The van der Waals surface area contributed by atoms with Crippen molar-refractivity contribution in [3.05, 3.63) is 0 Å². The lowest BCUT2D eigenvalue weighted by atomic mass is 9.60. The summed E-state index contributed by atoms with van der Waals surface area (Å²) < 4.78 is 36.9. The summed E-state index contributed by atoms with van der Waals surface area (Å²) in [6.45, 7) is 2.09. The second-order valence-corrected chi connectivity index (χ2v) is 10.6. The van der Waals surface area contributed by atoms with Gasteiger partial charge in [0, 0.05) is 6.26 Å². The Balaban J connectivity index is 1.63. The van der Waals surface area contributed by atoms with Crippen LogP contribution in [-0.4, -0.2) is 26.6 Å². The van der Waals surface area contributed by atoms with Gasteiger partial charge in [-0.25, -0.2) is 8.42 Å². The lowest BCUT2D eigenvalue weighted by molar-refractivity contribution is 0.0370. The van der Waals surface area contributed by atoms with Crippen LogP contribution in [0.5, 0.6) is 0 Å². The highest BCUT2D eigenvalue weighted by molar-refractivity contribution is 7.91. The van der Waals surface area contributed by atoms with Crippen molar-refractivity contribution in [2.24, 2.45) is 40.9 Å². The predicted molar refractivity (Wildman–Crippen MR) is 76.7 cm³/mol. The maximum atomic E-state index is 12.9. The molecule has 20 heavy (non-hydrogen) atoms. The van der Waals surface area contributed by atoms with Crippen molar-refractivity contribution in [2.75, 3.05) is 12.9 Å². The zero-order chi connectivity index (χ0) is 14.3. The number of rotatable bonds is 3. The van der Waals surface area contributed by atoms with Crippen LogP contribution in [0.4, 0.5) is 4.39 Å². The van der Waals surface area contributed by atoms with Crippen LogP contribution in [0.25, 0.3) is 0 Å². The van der Waals surface area contributed by atoms with Crippen LogP contribution in [0.15, 0.2) is 0 Å². The molecule has 0 aromatic rings. The Morgan fingerprint density at radius 1 is 1.15 bits per heavy atom. The molecule has 0 aliphatic heterocycles. The lowest BCUT2D eigenvalue weighted by Crippen LogP contribution is -2.43. The molecule has 4 aliphatic rings. The lowest BCUT2D eigenvalue weighted by Gasteiger charge is -2.46. The third-order valence-corrected chi connectivity index (χ3v) is 9.12. The Morgan fingerprint density at radius 2 is 1.90 bits per heavy atom. The van der Waals surface area contributed by atoms with Gasteiger partial charge in [-0.3, -0.25) is 4.39 Å². The van der Waals surface area contributed by atoms with Gasteiger partial charge in [0.15, 0.2) is 9.84 Å². The fourth-order valence-corrected chi connectivity index (χ4v) is 8.53. The summed E-state index contributed by atoms with van der Waals surface area (Å²) in [6.07, 6.45) is 6.54. The molecule has 0 aromatic heterocycles. The zero-order valence-electron chi connectivity index (χ0n) is 12.4. The van der Waals surface area contributed by atoms with Gasteiger partial charge in [-0.15, -0.1) is 0 Å². The van der Waals surface area contributed by atoms with Crippen molar-refractivity contribution in [3.8, 4) is 0 Å². The van der Waals surface area contributed by atoms with E-state index in [1.165, 1.54) is 12.7 Å². The van der Waals surface area contributed by atoms with E-state index in [1.807, 2.05) is 0 Å². The highest BCUT2D eigenvalue weighted by Gasteiger charge is 2.68. The van der Waals surface area contributed by atoms with Gasteiger partial charge in [-0.05, 0) is 73.0 Å². The van der Waals surface area contributed by atoms with E-state index in [9.17, 15) is 12.8 Å². The number of alkyl halides is 1. The molecule has 0 heterocycles. The topological polar surface area (TPSA) is 34.1 Å². The monoisotopic (exact) mass is 300 g/mol. The molecule has 0 N–H and O–H groups in total. The predicted octanol–water partition coefficient (Wildman–Crippen LogP) is 3.08. The van der Waals surface area contributed by atoms with Crippen molar-refractivity contribution in [1.82, 2.24) is 0 Å². The Labute approximate surface area is 121 Å². The maximum Gasteiger partial charge on any atom is 0.150 e. The molecule has 4 bridgehead atoms. The van der Waals surface area contributed by atoms with E-state index in [0.717, 1.165) is 19.3 Å². The number of sulfone groups is 1. The van der Waals surface area contributed by atoms with E-state index in [-0.39, 0.29) is 17.3 Å². The van der Waals surface area contributed by atoms with Crippen LogP contribution >= 0.6 is 0 Å². The Kier molecular flexibility index (Phi) is 2.70. The van der Waals surface area contributed by atoms with E-state index in [1.54, 1.807) is 0 Å². The maximum absolute atomic E-state index is 12.9. The molecular weight excluding hydrogens is 275 g/mol. The van der Waals surface area contributed by atoms with Crippen molar-refractivity contribution in [1.29, 1.82) is 0 Å². The van der Waals surface area contributed by atoms with Gasteiger partial charge in [0.25, 0.3) is 0 Å². The van der Waals surface area contributed by atoms with Crippen LogP contribution in [0, 0.1) is 40.9 Å². The Morgan fingerprint density at radius 3 is 2.55 bits per heavy atom. The fraction of sp³-hybridized carbons (Fsp3) is 1.00. The molecule has 4 rings (SSSR count). The van der Waals surface area contributed by atoms with Crippen LogP contribution in [0.2, 0.25) is 0 Å².